The van der Waals surface area contributed by atoms with Gasteiger partial charge in [0.2, 0.25) is 11.8 Å². The Balaban J connectivity index is 2.39. The first-order valence-electron chi connectivity index (χ1n) is 4.94. The van der Waals surface area contributed by atoms with Crippen molar-refractivity contribution in [3.8, 4) is 0 Å². The molecule has 86 valence electrons. The topological polar surface area (TPSA) is 81.4 Å². The van der Waals surface area contributed by atoms with Crippen LogP contribution >= 0.6 is 0 Å². The second kappa shape index (κ2) is 3.90. The van der Waals surface area contributed by atoms with Crippen LogP contribution in [0.4, 0.5) is 0 Å². The Hall–Kier alpha value is -0.940. The predicted molar refractivity (Wildman–Crippen MR) is 55.0 cm³/mol. The molecule has 2 amide bonds. The lowest BCUT2D eigenvalue weighted by molar-refractivity contribution is -0.138. The third kappa shape index (κ3) is 3.28. The highest BCUT2D eigenvalue weighted by atomic mass is 16.5. The number of imide groups is 1. The van der Waals surface area contributed by atoms with Gasteiger partial charge in [-0.15, -0.1) is 0 Å². The Labute approximate surface area is 89.3 Å². The van der Waals surface area contributed by atoms with Crippen LogP contribution in [0.5, 0.6) is 0 Å². The molecule has 0 atom stereocenters. The zero-order valence-corrected chi connectivity index (χ0v) is 9.42. The second-order valence-corrected chi connectivity index (χ2v) is 5.16. The van der Waals surface area contributed by atoms with E-state index in [4.69, 9.17) is 10.5 Å². The number of ether oxygens (including phenoxy) is 1. The molecule has 1 rings (SSSR count). The van der Waals surface area contributed by atoms with Crippen LogP contribution in [0.3, 0.4) is 0 Å². The SMILES string of the molecule is CC(C)(C)C(=O)NC(=O)CC1(N)COC1. The normalized spacial score (nSPS) is 19.2. The summed E-state index contributed by atoms with van der Waals surface area (Å²) in [7, 11) is 0. The average molecular weight is 214 g/mol. The zero-order chi connectivity index (χ0) is 11.7. The Morgan fingerprint density at radius 1 is 1.40 bits per heavy atom. The molecule has 1 saturated heterocycles. The lowest BCUT2D eigenvalue weighted by Crippen LogP contribution is -2.60. The molecule has 1 aliphatic rings. The molecule has 15 heavy (non-hydrogen) atoms. The van der Waals surface area contributed by atoms with Gasteiger partial charge in [0.05, 0.1) is 18.8 Å². The summed E-state index contributed by atoms with van der Waals surface area (Å²) in [5.74, 6) is -0.614. The van der Waals surface area contributed by atoms with Crippen LogP contribution in [0.1, 0.15) is 27.2 Å². The molecule has 0 aromatic heterocycles. The van der Waals surface area contributed by atoms with E-state index in [0.29, 0.717) is 13.2 Å². The minimum Gasteiger partial charge on any atom is -0.377 e. The Bertz CT molecular complexity index is 277. The van der Waals surface area contributed by atoms with Crippen LogP contribution in [0.2, 0.25) is 0 Å². The van der Waals surface area contributed by atoms with E-state index in [0.717, 1.165) is 0 Å². The molecule has 1 fully saturated rings. The Morgan fingerprint density at radius 3 is 2.27 bits per heavy atom. The van der Waals surface area contributed by atoms with Crippen molar-refractivity contribution in [3.63, 3.8) is 0 Å². The van der Waals surface area contributed by atoms with Gasteiger partial charge in [-0.25, -0.2) is 0 Å². The molecular weight excluding hydrogens is 196 g/mol. The molecule has 1 aliphatic heterocycles. The molecule has 0 saturated carbocycles. The van der Waals surface area contributed by atoms with E-state index in [1.807, 2.05) is 0 Å². The van der Waals surface area contributed by atoms with Crippen molar-refractivity contribution in [1.82, 2.24) is 5.32 Å². The molecule has 0 aromatic carbocycles. The van der Waals surface area contributed by atoms with Gasteiger partial charge in [0.25, 0.3) is 0 Å². The van der Waals surface area contributed by atoms with E-state index in [1.54, 1.807) is 20.8 Å². The quantitative estimate of drug-likeness (QED) is 0.666. The first-order valence-corrected chi connectivity index (χ1v) is 4.94. The first kappa shape index (κ1) is 12.1. The van der Waals surface area contributed by atoms with Crippen LogP contribution in [0.25, 0.3) is 0 Å². The van der Waals surface area contributed by atoms with E-state index in [2.05, 4.69) is 5.32 Å². The minimum absolute atomic E-state index is 0.134. The molecule has 1 heterocycles. The summed E-state index contributed by atoms with van der Waals surface area (Å²) in [6.07, 6.45) is 0.134. The smallest absolute Gasteiger partial charge is 0.231 e. The number of carbonyl (C=O) groups excluding carboxylic acids is 2. The van der Waals surface area contributed by atoms with Gasteiger partial charge in [0.15, 0.2) is 0 Å². The summed E-state index contributed by atoms with van der Waals surface area (Å²) in [4.78, 5) is 22.9. The highest BCUT2D eigenvalue weighted by Gasteiger charge is 2.37. The number of amides is 2. The van der Waals surface area contributed by atoms with Gasteiger partial charge in [0, 0.05) is 11.8 Å². The summed E-state index contributed by atoms with van der Waals surface area (Å²) in [5.41, 5.74) is 4.65. The van der Waals surface area contributed by atoms with Crippen molar-refractivity contribution in [2.24, 2.45) is 11.1 Å². The van der Waals surface area contributed by atoms with Crippen LogP contribution in [0, 0.1) is 5.41 Å². The van der Waals surface area contributed by atoms with Gasteiger partial charge < -0.3 is 10.5 Å². The third-order valence-electron chi connectivity index (χ3n) is 2.23. The van der Waals surface area contributed by atoms with Crippen LogP contribution in [-0.4, -0.2) is 30.6 Å². The molecule has 0 aliphatic carbocycles. The monoisotopic (exact) mass is 214 g/mol. The number of hydrogen-bond donors (Lipinski definition) is 2. The fourth-order valence-electron chi connectivity index (χ4n) is 1.14. The van der Waals surface area contributed by atoms with Crippen molar-refractivity contribution >= 4 is 11.8 Å². The summed E-state index contributed by atoms with van der Waals surface area (Å²) >= 11 is 0. The van der Waals surface area contributed by atoms with Gasteiger partial charge in [-0.2, -0.15) is 0 Å². The third-order valence-corrected chi connectivity index (χ3v) is 2.23. The molecular formula is C10H18N2O3. The van der Waals surface area contributed by atoms with Gasteiger partial charge in [-0.1, -0.05) is 20.8 Å². The van der Waals surface area contributed by atoms with E-state index in [-0.39, 0.29) is 18.2 Å². The maximum absolute atomic E-state index is 11.5. The van der Waals surface area contributed by atoms with E-state index in [9.17, 15) is 9.59 Å². The molecule has 0 bridgehead atoms. The summed E-state index contributed by atoms with van der Waals surface area (Å²) in [6, 6.07) is 0. The van der Waals surface area contributed by atoms with Gasteiger partial charge in [0.1, 0.15) is 0 Å². The number of nitrogens with two attached hydrogens (primary N) is 1. The van der Waals surface area contributed by atoms with Crippen LogP contribution in [-0.2, 0) is 14.3 Å². The van der Waals surface area contributed by atoms with E-state index < -0.39 is 11.0 Å². The van der Waals surface area contributed by atoms with Crippen molar-refractivity contribution in [2.45, 2.75) is 32.7 Å². The van der Waals surface area contributed by atoms with Gasteiger partial charge in [-0.05, 0) is 0 Å². The van der Waals surface area contributed by atoms with Crippen molar-refractivity contribution in [3.05, 3.63) is 0 Å². The first-order chi connectivity index (χ1) is 6.73. The minimum atomic E-state index is -0.581. The van der Waals surface area contributed by atoms with E-state index in [1.165, 1.54) is 0 Å². The molecule has 0 aromatic rings. The van der Waals surface area contributed by atoms with E-state index >= 15 is 0 Å². The standard InChI is InChI=1S/C10H18N2O3/c1-9(2,3)8(14)12-7(13)4-10(11)5-15-6-10/h4-6,11H2,1-3H3,(H,12,13,14). The predicted octanol–water partition coefficient (Wildman–Crippen LogP) is -0.207. The number of carbonyl (C=O) groups is 2. The Morgan fingerprint density at radius 2 is 1.93 bits per heavy atom. The molecule has 0 unspecified atom stereocenters. The van der Waals surface area contributed by atoms with Crippen molar-refractivity contribution in [2.75, 3.05) is 13.2 Å². The fraction of sp³-hybridized carbons (Fsp3) is 0.800. The maximum Gasteiger partial charge on any atom is 0.231 e. The lowest BCUT2D eigenvalue weighted by atomic mass is 9.92. The highest BCUT2D eigenvalue weighted by Crippen LogP contribution is 2.18. The van der Waals surface area contributed by atoms with Crippen LogP contribution in [0.15, 0.2) is 0 Å². The van der Waals surface area contributed by atoms with Crippen LogP contribution < -0.4 is 11.1 Å². The van der Waals surface area contributed by atoms with Gasteiger partial charge >= 0.3 is 0 Å². The molecule has 0 spiro atoms. The average Bonchev–Trinajstić information content (AvgIpc) is 1.99. The molecule has 0 radical (unpaired) electrons. The number of nitrogens with one attached hydrogen (secondary N) is 1. The molecule has 5 heteroatoms. The number of rotatable bonds is 2. The molecule has 3 N–H and O–H groups in total. The van der Waals surface area contributed by atoms with Crippen molar-refractivity contribution in [1.29, 1.82) is 0 Å². The van der Waals surface area contributed by atoms with Gasteiger partial charge in [-0.3, -0.25) is 14.9 Å². The zero-order valence-electron chi connectivity index (χ0n) is 9.42. The lowest BCUT2D eigenvalue weighted by Gasteiger charge is -2.37. The Kier molecular flexibility index (Phi) is 3.16. The highest BCUT2D eigenvalue weighted by molar-refractivity contribution is 5.97. The largest absolute Gasteiger partial charge is 0.377 e. The summed E-state index contributed by atoms with van der Waals surface area (Å²) in [5, 5.41) is 2.33. The fourth-order valence-corrected chi connectivity index (χ4v) is 1.14. The second-order valence-electron chi connectivity index (χ2n) is 5.16. The molecule has 5 nitrogen and oxygen atoms in total. The summed E-state index contributed by atoms with van der Waals surface area (Å²) in [6.45, 7) is 6.01. The maximum atomic E-state index is 11.5. The summed E-state index contributed by atoms with van der Waals surface area (Å²) < 4.78 is 4.92. The van der Waals surface area contributed by atoms with Crippen molar-refractivity contribution < 1.29 is 14.3 Å². The number of hydrogen-bond acceptors (Lipinski definition) is 4.